The predicted molar refractivity (Wildman–Crippen MR) is 272 cm³/mol. The molecule has 2 fully saturated rings. The molecule has 20 nitrogen and oxygen atoms in total. The Hall–Kier alpha value is -6.57. The Morgan fingerprint density at radius 2 is 1.53 bits per heavy atom. The summed E-state index contributed by atoms with van der Waals surface area (Å²) in [5, 5.41) is 19.8. The Balaban J connectivity index is 1.82. The van der Waals surface area contributed by atoms with E-state index in [1.54, 1.807) is 76.2 Å². The van der Waals surface area contributed by atoms with E-state index in [1.165, 1.54) is 51.8 Å². The zero-order chi connectivity index (χ0) is 55.1. The molecule has 4 N–H and O–H groups in total. The maximum absolute atomic E-state index is 14.8. The summed E-state index contributed by atoms with van der Waals surface area (Å²) in [6.07, 6.45) is -5.08. The number of hydrogen-bond acceptors (Lipinski definition) is 14. The van der Waals surface area contributed by atoms with Crippen LogP contribution in [0.3, 0.4) is 0 Å². The minimum atomic E-state index is -1.71. The largest absolute Gasteiger partial charge is 0.497 e. The fourth-order valence-corrected chi connectivity index (χ4v) is 8.90. The number of ether oxygens (including phenoxy) is 4. The van der Waals surface area contributed by atoms with E-state index in [4.69, 9.17) is 18.9 Å². The van der Waals surface area contributed by atoms with Crippen molar-refractivity contribution in [2.45, 2.75) is 162 Å². The maximum Gasteiger partial charge on any atom is 0.410 e. The van der Waals surface area contributed by atoms with Gasteiger partial charge in [0.2, 0.25) is 29.5 Å². The summed E-state index contributed by atoms with van der Waals surface area (Å²) in [6.45, 7) is 14.6. The number of Topliss-reactive ketones (excluding diaryl/α,β-unsaturated/α-hetero) is 1. The average Bonchev–Trinajstić information content (AvgIpc) is 3.87. The van der Waals surface area contributed by atoms with Crippen molar-refractivity contribution in [2.75, 3.05) is 27.7 Å². The molecule has 6 amide bonds. The number of benzene rings is 2. The van der Waals surface area contributed by atoms with Crippen LogP contribution in [0.15, 0.2) is 54.6 Å². The second-order valence-corrected chi connectivity index (χ2v) is 20.3. The maximum atomic E-state index is 14.8. The summed E-state index contributed by atoms with van der Waals surface area (Å²) < 4.78 is 22.5. The number of nitrogens with zero attached hydrogens (tertiary/aromatic N) is 3. The summed E-state index contributed by atoms with van der Waals surface area (Å²) in [5.74, 6) is -8.67. The van der Waals surface area contributed by atoms with Crippen LogP contribution in [0, 0.1) is 23.7 Å². The van der Waals surface area contributed by atoms with Crippen LogP contribution >= 0.6 is 0 Å². The lowest BCUT2D eigenvalue weighted by atomic mass is 9.91. The van der Waals surface area contributed by atoms with E-state index in [0.717, 1.165) is 4.90 Å². The Kier molecular flexibility index (Phi) is 22.4. The normalized spacial score (nSPS) is 26.0. The average molecular weight is 1040 g/mol. The van der Waals surface area contributed by atoms with Crippen LogP contribution in [0.25, 0.3) is 0 Å². The number of hydrogen-bond donors (Lipinski definition) is 4. The quantitative estimate of drug-likeness (QED) is 0.127. The lowest BCUT2D eigenvalue weighted by Crippen LogP contribution is -2.61. The Morgan fingerprint density at radius 1 is 0.878 bits per heavy atom. The topological polar surface area (TPSA) is 257 Å². The molecule has 2 aliphatic heterocycles. The summed E-state index contributed by atoms with van der Waals surface area (Å²) in [5.41, 5.74) is 1.29. The van der Waals surface area contributed by atoms with Crippen LogP contribution in [0.4, 0.5) is 4.79 Å². The Morgan fingerprint density at radius 3 is 2.12 bits per heavy atom. The highest BCUT2D eigenvalue weighted by Gasteiger charge is 2.44. The fraction of sp³-hybridized carbons (Fsp3) is 0.611. The molecule has 0 saturated carbocycles. The van der Waals surface area contributed by atoms with E-state index in [-0.39, 0.29) is 38.3 Å². The van der Waals surface area contributed by atoms with Gasteiger partial charge < -0.3 is 49.8 Å². The van der Waals surface area contributed by atoms with E-state index in [2.05, 4.69) is 16.0 Å². The highest BCUT2D eigenvalue weighted by Crippen LogP contribution is 2.26. The second-order valence-electron chi connectivity index (χ2n) is 20.3. The highest BCUT2D eigenvalue weighted by atomic mass is 16.6. The van der Waals surface area contributed by atoms with Gasteiger partial charge in [0.15, 0.2) is 11.9 Å². The summed E-state index contributed by atoms with van der Waals surface area (Å²) in [6, 6.07) is 7.86. The predicted octanol–water partition coefficient (Wildman–Crippen LogP) is 3.73. The fourth-order valence-electron chi connectivity index (χ4n) is 8.90. The van der Waals surface area contributed by atoms with Crippen molar-refractivity contribution in [1.82, 2.24) is 30.7 Å². The minimum absolute atomic E-state index is 0.0872. The number of esters is 2. The zero-order valence-electron chi connectivity index (χ0n) is 45.0. The summed E-state index contributed by atoms with van der Waals surface area (Å²) in [4.78, 5) is 131. The number of aliphatic hydroxyl groups is 1. The molecule has 408 valence electrons. The van der Waals surface area contributed by atoms with Crippen molar-refractivity contribution in [3.8, 4) is 5.75 Å². The Labute approximate surface area is 434 Å². The van der Waals surface area contributed by atoms with Gasteiger partial charge in [0, 0.05) is 27.1 Å². The van der Waals surface area contributed by atoms with Gasteiger partial charge in [-0.25, -0.2) is 9.59 Å². The highest BCUT2D eigenvalue weighted by molar-refractivity contribution is 6.05. The lowest BCUT2D eigenvalue weighted by Gasteiger charge is -2.35. The summed E-state index contributed by atoms with van der Waals surface area (Å²) >= 11 is 0. The van der Waals surface area contributed by atoms with Gasteiger partial charge in [0.25, 0.3) is 0 Å². The minimum Gasteiger partial charge on any atom is -0.497 e. The van der Waals surface area contributed by atoms with Crippen LogP contribution in [0.1, 0.15) is 106 Å². The molecule has 2 aromatic rings. The van der Waals surface area contributed by atoms with E-state index in [1.807, 2.05) is 19.9 Å². The number of carbonyl (C=O) groups excluding carboxylic acids is 9. The number of rotatable bonds is 13. The van der Waals surface area contributed by atoms with Crippen LogP contribution in [-0.2, 0) is 65.6 Å². The molecule has 11 atom stereocenters. The number of aliphatic hydroxyl groups excluding tert-OH is 1. The van der Waals surface area contributed by atoms with E-state index in [9.17, 15) is 48.3 Å². The van der Waals surface area contributed by atoms with Crippen molar-refractivity contribution in [2.24, 2.45) is 23.7 Å². The molecule has 0 radical (unpaired) electrons. The van der Waals surface area contributed by atoms with Gasteiger partial charge in [0.1, 0.15) is 48.7 Å². The molecule has 2 heterocycles. The van der Waals surface area contributed by atoms with Gasteiger partial charge in [-0.1, -0.05) is 90.4 Å². The molecule has 2 aliphatic rings. The molecular formula is C54H78N6O14. The first kappa shape index (κ1) is 60.0. The van der Waals surface area contributed by atoms with E-state index < -0.39 is 132 Å². The van der Waals surface area contributed by atoms with Gasteiger partial charge in [0.05, 0.1) is 31.6 Å². The third-order valence-corrected chi connectivity index (χ3v) is 13.9. The lowest BCUT2D eigenvalue weighted by molar-refractivity contribution is -0.163. The smallest absolute Gasteiger partial charge is 0.410 e. The molecule has 0 aromatic heterocycles. The van der Waals surface area contributed by atoms with Crippen LogP contribution < -0.4 is 20.7 Å². The van der Waals surface area contributed by atoms with Crippen molar-refractivity contribution < 1.29 is 67.2 Å². The van der Waals surface area contributed by atoms with Gasteiger partial charge in [-0.15, -0.1) is 0 Å². The number of fused-ring (bicyclic) bond motifs is 1. The number of carbonyl (C=O) groups is 9. The van der Waals surface area contributed by atoms with Crippen LogP contribution in [0.2, 0.25) is 0 Å². The first-order valence-corrected chi connectivity index (χ1v) is 25.6. The monoisotopic (exact) mass is 1030 g/mol. The third-order valence-electron chi connectivity index (χ3n) is 13.9. The molecular weight excluding hydrogens is 957 g/mol. The molecule has 20 heteroatoms. The number of amides is 6. The van der Waals surface area contributed by atoms with Crippen LogP contribution in [-0.4, -0.2) is 155 Å². The number of methoxy groups -OCH3 is 1. The molecule has 0 bridgehead atoms. The molecule has 11 unspecified atom stereocenters. The van der Waals surface area contributed by atoms with Crippen LogP contribution in [0.5, 0.6) is 5.75 Å². The standard InChI is InChI=1S/C54H78N6O14/c1-13-32(6)44-42(61)28-43(62)74-47(31(4)5)46(63)33(7)48(64)55-39(26-30(2)3)51(67)60-25-17-20-40(60)52(68)59(11)41(27-36-21-23-38(71-12)24-22-36)53(69)73-35(9)45(50(66)56-44)57-49(65)34(8)58(10)54(70)72-29-37-18-15-14-16-19-37/h14-16,18-19,21-24,30-35,39-42,44-45,47,61H,13,17,20,25-29H2,1-12H3,(H,55,64)(H,56,66)(H,57,65). The van der Waals surface area contributed by atoms with Gasteiger partial charge >= 0.3 is 18.0 Å². The number of cyclic esters (lactones) is 2. The zero-order valence-corrected chi connectivity index (χ0v) is 45.0. The molecule has 74 heavy (non-hydrogen) atoms. The molecule has 0 aliphatic carbocycles. The first-order valence-electron chi connectivity index (χ1n) is 25.6. The molecule has 0 spiro atoms. The van der Waals surface area contributed by atoms with Gasteiger partial charge in [-0.05, 0) is 81.0 Å². The van der Waals surface area contributed by atoms with Crippen molar-refractivity contribution in [3.63, 3.8) is 0 Å². The van der Waals surface area contributed by atoms with Gasteiger partial charge in [-0.2, -0.15) is 0 Å². The number of likely N-dealkylation sites (N-methyl/N-ethyl adjacent to an activating group) is 2. The molecule has 2 aromatic carbocycles. The van der Waals surface area contributed by atoms with Crippen molar-refractivity contribution in [1.29, 1.82) is 0 Å². The molecule has 2 saturated heterocycles. The Bertz CT molecular complexity index is 2280. The van der Waals surface area contributed by atoms with E-state index in [0.29, 0.717) is 29.7 Å². The first-order chi connectivity index (χ1) is 34.9. The number of ketones is 1. The summed E-state index contributed by atoms with van der Waals surface area (Å²) in [7, 11) is 4.23. The second kappa shape index (κ2) is 27.6. The third kappa shape index (κ3) is 16.0. The van der Waals surface area contributed by atoms with E-state index >= 15 is 0 Å². The van der Waals surface area contributed by atoms with Gasteiger partial charge in [-0.3, -0.25) is 38.5 Å². The van der Waals surface area contributed by atoms with Crippen molar-refractivity contribution in [3.05, 3.63) is 65.7 Å². The molecule has 4 rings (SSSR count). The number of nitrogens with one attached hydrogen (secondary N) is 3. The van der Waals surface area contributed by atoms with Crippen molar-refractivity contribution >= 4 is 53.4 Å². The SMILES string of the molecule is CCC(C)C1NC(=O)C(NC(=O)C(C)N(C)C(=O)OCc2ccccc2)C(C)OC(=O)C(Cc2ccc(OC)cc2)N(C)C(=O)C2CCCN2C(=O)C(CC(C)C)NC(=O)C(C)C(=O)C(C(C)C)OC(=O)CC1O.